The molecule has 0 saturated heterocycles. The first-order valence-corrected chi connectivity index (χ1v) is 9.30. The molecule has 0 bridgehead atoms. The van der Waals surface area contributed by atoms with Crippen molar-refractivity contribution in [2.75, 3.05) is 5.32 Å². The molecule has 0 aromatic carbocycles. The molecule has 0 aliphatic carbocycles. The summed E-state index contributed by atoms with van der Waals surface area (Å²) in [4.78, 5) is 32.7. The van der Waals surface area contributed by atoms with E-state index in [4.69, 9.17) is 4.74 Å². The monoisotopic (exact) mass is 438 g/mol. The van der Waals surface area contributed by atoms with E-state index in [-0.39, 0.29) is 10.4 Å². The molecule has 1 N–H and O–H groups in total. The summed E-state index contributed by atoms with van der Waals surface area (Å²) in [5, 5.41) is 6.52. The predicted octanol–water partition coefficient (Wildman–Crippen LogP) is 3.48. The van der Waals surface area contributed by atoms with Crippen molar-refractivity contribution in [1.82, 2.24) is 24.3 Å². The second-order valence-corrected chi connectivity index (χ2v) is 6.63. The van der Waals surface area contributed by atoms with E-state index in [0.717, 1.165) is 17.8 Å². The number of carbonyl (C=O) groups is 1. The molecule has 162 valence electrons. The maximum absolute atomic E-state index is 12.8. The van der Waals surface area contributed by atoms with Crippen LogP contribution in [-0.4, -0.2) is 30.2 Å². The molecule has 4 aromatic heterocycles. The van der Waals surface area contributed by atoms with Crippen LogP contribution in [-0.2, 0) is 7.05 Å². The van der Waals surface area contributed by atoms with E-state index >= 15 is 0 Å². The first-order chi connectivity index (χ1) is 15.4. The molecule has 0 radical (unpaired) electrons. The van der Waals surface area contributed by atoms with Crippen LogP contribution in [0.2, 0.25) is 0 Å². The van der Waals surface area contributed by atoms with Crippen molar-refractivity contribution >= 4 is 11.7 Å². The lowest BCUT2D eigenvalue weighted by Crippen LogP contribution is -2.29. The van der Waals surface area contributed by atoms with E-state index in [1.165, 1.54) is 18.3 Å². The number of aromatic nitrogens is 5. The zero-order valence-electron chi connectivity index (χ0n) is 16.6. The maximum atomic E-state index is 12.8. The van der Waals surface area contributed by atoms with Crippen molar-refractivity contribution in [3.8, 4) is 22.8 Å². The van der Waals surface area contributed by atoms with Gasteiger partial charge in [0.15, 0.2) is 0 Å². The summed E-state index contributed by atoms with van der Waals surface area (Å²) in [6.07, 6.45) is 7.41. The summed E-state index contributed by atoms with van der Waals surface area (Å²) in [7, 11) is 1.81. The number of hydrogen-bond acceptors (Lipinski definition) is 6. The number of rotatable bonds is 6. The van der Waals surface area contributed by atoms with Gasteiger partial charge in [-0.15, -0.1) is 0 Å². The number of halogens is 2. The number of nitrogens with zero attached hydrogens (tertiary/aromatic N) is 5. The molecule has 32 heavy (non-hydrogen) atoms. The lowest BCUT2D eigenvalue weighted by atomic mass is 10.2. The highest BCUT2D eigenvalue weighted by Gasteiger charge is 2.16. The van der Waals surface area contributed by atoms with Crippen LogP contribution in [0.4, 0.5) is 14.6 Å². The number of carbonyl (C=O) groups excluding carboxylic acids is 1. The van der Waals surface area contributed by atoms with Gasteiger partial charge in [-0.3, -0.25) is 23.8 Å². The normalized spacial score (nSPS) is 10.9. The second kappa shape index (κ2) is 8.76. The lowest BCUT2D eigenvalue weighted by Gasteiger charge is -2.09. The van der Waals surface area contributed by atoms with Gasteiger partial charge in [-0.05, 0) is 30.3 Å². The number of ether oxygens (including phenoxy) is 1. The van der Waals surface area contributed by atoms with Crippen LogP contribution >= 0.6 is 0 Å². The van der Waals surface area contributed by atoms with Gasteiger partial charge < -0.3 is 10.1 Å². The Kier molecular flexibility index (Phi) is 5.71. The van der Waals surface area contributed by atoms with Gasteiger partial charge in [-0.1, -0.05) is 0 Å². The Labute approximate surface area is 179 Å². The number of alkyl halides is 2. The van der Waals surface area contributed by atoms with Crippen molar-refractivity contribution in [3.05, 3.63) is 83.3 Å². The van der Waals surface area contributed by atoms with Crippen LogP contribution in [0.1, 0.15) is 16.9 Å². The van der Waals surface area contributed by atoms with Crippen LogP contribution in [0.3, 0.4) is 0 Å². The summed E-state index contributed by atoms with van der Waals surface area (Å²) in [6.45, 7) is -3.04. The molecule has 4 rings (SSSR count). The lowest BCUT2D eigenvalue weighted by molar-refractivity contribution is 0.0659. The van der Waals surface area contributed by atoms with Gasteiger partial charge in [0.1, 0.15) is 22.9 Å². The summed E-state index contributed by atoms with van der Waals surface area (Å²) < 4.78 is 33.3. The average molecular weight is 438 g/mol. The third kappa shape index (κ3) is 4.51. The van der Waals surface area contributed by atoms with E-state index in [1.54, 1.807) is 35.3 Å². The van der Waals surface area contributed by atoms with E-state index in [0.29, 0.717) is 17.2 Å². The Bertz CT molecular complexity index is 1320. The zero-order valence-corrected chi connectivity index (χ0v) is 16.6. The van der Waals surface area contributed by atoms with Crippen LogP contribution in [0.15, 0.2) is 72.2 Å². The summed E-state index contributed by atoms with van der Waals surface area (Å²) in [5.41, 5.74) is 0.00224. The smallest absolute Gasteiger partial charge is 0.321 e. The fraction of sp³-hybridized carbons (Fsp3) is 0.0952. The minimum atomic E-state index is -3.04. The first-order valence-electron chi connectivity index (χ1n) is 9.30. The quantitative estimate of drug-likeness (QED) is 0.494. The number of anilines is 1. The SMILES string of the molecule is Cn1cc(-c2cc(Oc3ccc(NC(=O)c4cccn(C(F)F)c4=O)nc3)ccn2)cn1. The second-order valence-electron chi connectivity index (χ2n) is 6.63. The molecule has 0 spiro atoms. The molecule has 0 unspecified atom stereocenters. The molecule has 0 saturated carbocycles. The van der Waals surface area contributed by atoms with E-state index < -0.39 is 23.6 Å². The van der Waals surface area contributed by atoms with Gasteiger partial charge in [0.05, 0.1) is 18.1 Å². The Hall–Kier alpha value is -4.41. The molecule has 1 amide bonds. The number of pyridine rings is 3. The van der Waals surface area contributed by atoms with Crippen molar-refractivity contribution in [1.29, 1.82) is 0 Å². The van der Waals surface area contributed by atoms with Gasteiger partial charge in [0, 0.05) is 37.3 Å². The van der Waals surface area contributed by atoms with Crippen LogP contribution in [0.5, 0.6) is 11.5 Å². The van der Waals surface area contributed by atoms with E-state index in [9.17, 15) is 18.4 Å². The summed E-state index contributed by atoms with van der Waals surface area (Å²) >= 11 is 0. The molecule has 0 aliphatic heterocycles. The van der Waals surface area contributed by atoms with E-state index in [1.807, 2.05) is 13.2 Å². The highest BCUT2D eigenvalue weighted by Crippen LogP contribution is 2.25. The molecular formula is C21H16F2N6O3. The maximum Gasteiger partial charge on any atom is 0.321 e. The topological polar surface area (TPSA) is 104 Å². The standard InChI is InChI=1S/C21H16F2N6O3/c1-28-12-13(10-26-28)17-9-14(6-7-24-17)32-15-4-5-18(25-11-15)27-19(30)16-3-2-8-29(20(16)31)21(22)23/h2-12,21H,1H3,(H,25,27,30). The number of nitrogens with one attached hydrogen (secondary N) is 1. The van der Waals surface area contributed by atoms with Gasteiger partial charge >= 0.3 is 6.55 Å². The molecular weight excluding hydrogens is 422 g/mol. The van der Waals surface area contributed by atoms with Crippen molar-refractivity contribution in [3.63, 3.8) is 0 Å². The molecule has 11 heteroatoms. The van der Waals surface area contributed by atoms with Gasteiger partial charge in [0.25, 0.3) is 11.5 Å². The van der Waals surface area contributed by atoms with Crippen LogP contribution < -0.4 is 15.6 Å². The highest BCUT2D eigenvalue weighted by molar-refractivity contribution is 6.03. The van der Waals surface area contributed by atoms with Crippen LogP contribution in [0.25, 0.3) is 11.3 Å². The van der Waals surface area contributed by atoms with Gasteiger partial charge in [0.2, 0.25) is 0 Å². The third-order valence-electron chi connectivity index (χ3n) is 4.38. The molecule has 0 fully saturated rings. The minimum absolute atomic E-state index is 0.125. The molecule has 9 nitrogen and oxygen atoms in total. The van der Waals surface area contributed by atoms with Crippen molar-refractivity contribution < 1.29 is 18.3 Å². The number of aryl methyl sites for hydroxylation is 1. The predicted molar refractivity (Wildman–Crippen MR) is 111 cm³/mol. The Morgan fingerprint density at radius 3 is 2.66 bits per heavy atom. The third-order valence-corrected chi connectivity index (χ3v) is 4.38. The molecule has 0 atom stereocenters. The fourth-order valence-electron chi connectivity index (χ4n) is 2.86. The minimum Gasteiger partial charge on any atom is -0.456 e. The Morgan fingerprint density at radius 2 is 1.97 bits per heavy atom. The highest BCUT2D eigenvalue weighted by atomic mass is 19.3. The fourth-order valence-corrected chi connectivity index (χ4v) is 2.86. The van der Waals surface area contributed by atoms with Gasteiger partial charge in [-0.2, -0.15) is 13.9 Å². The summed E-state index contributed by atoms with van der Waals surface area (Å²) in [5.74, 6) is 0.196. The molecule has 4 heterocycles. The zero-order chi connectivity index (χ0) is 22.7. The first kappa shape index (κ1) is 20.8. The van der Waals surface area contributed by atoms with Gasteiger partial charge in [-0.25, -0.2) is 4.98 Å². The largest absolute Gasteiger partial charge is 0.456 e. The average Bonchev–Trinajstić information content (AvgIpc) is 3.21. The number of hydrogen-bond donors (Lipinski definition) is 1. The Balaban J connectivity index is 1.46. The Morgan fingerprint density at radius 1 is 1.12 bits per heavy atom. The van der Waals surface area contributed by atoms with Crippen molar-refractivity contribution in [2.24, 2.45) is 7.05 Å². The molecule has 0 aliphatic rings. The number of amides is 1. The van der Waals surface area contributed by atoms with Crippen molar-refractivity contribution in [2.45, 2.75) is 6.55 Å². The van der Waals surface area contributed by atoms with Crippen LogP contribution in [0, 0.1) is 0 Å². The molecule has 4 aromatic rings. The van der Waals surface area contributed by atoms with E-state index in [2.05, 4.69) is 20.4 Å². The summed E-state index contributed by atoms with van der Waals surface area (Å²) in [6, 6.07) is 8.81.